The normalized spacial score (nSPS) is 16.6. The summed E-state index contributed by atoms with van der Waals surface area (Å²) in [5.74, 6) is -0.711. The van der Waals surface area contributed by atoms with E-state index in [1.807, 2.05) is 0 Å². The Morgan fingerprint density at radius 3 is 2.85 bits per heavy atom. The minimum Gasteiger partial charge on any atom is -0.349 e. The zero-order valence-electron chi connectivity index (χ0n) is 10.9. The van der Waals surface area contributed by atoms with Crippen molar-refractivity contribution in [2.75, 3.05) is 19.6 Å². The number of rotatable bonds is 3. The number of halogens is 2. The van der Waals surface area contributed by atoms with Gasteiger partial charge in [0, 0.05) is 19.1 Å². The Hall–Kier alpha value is -1.45. The molecular weight excluding hydrogens is 325 g/mol. The van der Waals surface area contributed by atoms with E-state index in [-0.39, 0.29) is 16.4 Å². The lowest BCUT2D eigenvalue weighted by Crippen LogP contribution is -2.44. The molecule has 0 radical (unpaired) electrons. The molecule has 1 aliphatic heterocycles. The van der Waals surface area contributed by atoms with Gasteiger partial charge in [-0.1, -0.05) is 6.07 Å². The van der Waals surface area contributed by atoms with E-state index in [2.05, 4.69) is 32.2 Å². The lowest BCUT2D eigenvalue weighted by atomic mass is 10.0. The largest absolute Gasteiger partial charge is 0.349 e. The topological polar surface area (TPSA) is 56.1 Å². The van der Waals surface area contributed by atoms with Crippen molar-refractivity contribution in [3.63, 3.8) is 0 Å². The molecule has 1 amide bonds. The van der Waals surface area contributed by atoms with Gasteiger partial charge in [-0.3, -0.25) is 9.69 Å². The molecule has 0 aromatic heterocycles. The number of likely N-dealkylation sites (tertiary alicyclic amines) is 1. The molecule has 106 valence electrons. The van der Waals surface area contributed by atoms with Crippen LogP contribution in [0.15, 0.2) is 22.7 Å². The summed E-state index contributed by atoms with van der Waals surface area (Å²) in [6.07, 6.45) is 1.61. The van der Waals surface area contributed by atoms with Gasteiger partial charge in [-0.2, -0.15) is 5.26 Å². The fourth-order valence-corrected chi connectivity index (χ4v) is 2.72. The first-order valence-electron chi connectivity index (χ1n) is 6.46. The summed E-state index contributed by atoms with van der Waals surface area (Å²) in [4.78, 5) is 14.2. The average molecular weight is 340 g/mol. The van der Waals surface area contributed by atoms with Gasteiger partial charge in [0.15, 0.2) is 0 Å². The fourth-order valence-electron chi connectivity index (χ4n) is 2.28. The van der Waals surface area contributed by atoms with Gasteiger partial charge in [-0.25, -0.2) is 4.39 Å². The summed E-state index contributed by atoms with van der Waals surface area (Å²) in [5, 5.41) is 11.6. The third-order valence-corrected chi connectivity index (χ3v) is 4.22. The van der Waals surface area contributed by atoms with Crippen molar-refractivity contribution in [2.24, 2.45) is 0 Å². The SMILES string of the molecule is N#CCN1CCC(NC(=O)c2cccc(F)c2Br)CC1. The van der Waals surface area contributed by atoms with Crippen molar-refractivity contribution < 1.29 is 9.18 Å². The molecule has 0 spiro atoms. The molecule has 20 heavy (non-hydrogen) atoms. The Bertz CT molecular complexity index is 536. The highest BCUT2D eigenvalue weighted by Crippen LogP contribution is 2.21. The van der Waals surface area contributed by atoms with Crippen LogP contribution in [0.3, 0.4) is 0 Å². The van der Waals surface area contributed by atoms with Crippen molar-refractivity contribution in [3.05, 3.63) is 34.1 Å². The minimum absolute atomic E-state index is 0.0765. The Balaban J connectivity index is 1.93. The van der Waals surface area contributed by atoms with E-state index in [9.17, 15) is 9.18 Å². The van der Waals surface area contributed by atoms with Gasteiger partial charge in [-0.05, 0) is 40.9 Å². The van der Waals surface area contributed by atoms with E-state index in [4.69, 9.17) is 5.26 Å². The summed E-state index contributed by atoms with van der Waals surface area (Å²) in [6, 6.07) is 6.62. The lowest BCUT2D eigenvalue weighted by Gasteiger charge is -2.30. The van der Waals surface area contributed by atoms with E-state index >= 15 is 0 Å². The van der Waals surface area contributed by atoms with E-state index in [0.717, 1.165) is 25.9 Å². The molecule has 0 bridgehead atoms. The van der Waals surface area contributed by atoms with Crippen LogP contribution in [0, 0.1) is 17.1 Å². The average Bonchev–Trinajstić information content (AvgIpc) is 2.44. The van der Waals surface area contributed by atoms with Gasteiger partial charge < -0.3 is 5.32 Å². The monoisotopic (exact) mass is 339 g/mol. The van der Waals surface area contributed by atoms with Crippen LogP contribution < -0.4 is 5.32 Å². The predicted octanol–water partition coefficient (Wildman–Crippen LogP) is 2.31. The number of nitriles is 1. The van der Waals surface area contributed by atoms with Crippen LogP contribution in [0.4, 0.5) is 4.39 Å². The van der Waals surface area contributed by atoms with E-state index in [0.29, 0.717) is 12.1 Å². The van der Waals surface area contributed by atoms with Gasteiger partial charge in [0.25, 0.3) is 5.91 Å². The summed E-state index contributed by atoms with van der Waals surface area (Å²) < 4.78 is 13.6. The van der Waals surface area contributed by atoms with E-state index in [1.54, 1.807) is 6.07 Å². The third kappa shape index (κ3) is 3.56. The maximum atomic E-state index is 13.4. The molecule has 1 aromatic rings. The Morgan fingerprint density at radius 1 is 1.50 bits per heavy atom. The highest BCUT2D eigenvalue weighted by Gasteiger charge is 2.22. The van der Waals surface area contributed by atoms with Crippen LogP contribution in [0.1, 0.15) is 23.2 Å². The van der Waals surface area contributed by atoms with Gasteiger partial charge in [0.05, 0.1) is 22.7 Å². The van der Waals surface area contributed by atoms with Crippen LogP contribution in [-0.4, -0.2) is 36.5 Å². The minimum atomic E-state index is -0.443. The number of benzene rings is 1. The van der Waals surface area contributed by atoms with Crippen molar-refractivity contribution >= 4 is 21.8 Å². The van der Waals surface area contributed by atoms with Crippen molar-refractivity contribution in [2.45, 2.75) is 18.9 Å². The summed E-state index contributed by atoms with van der Waals surface area (Å²) in [6.45, 7) is 2.02. The quantitative estimate of drug-likeness (QED) is 0.859. The smallest absolute Gasteiger partial charge is 0.252 e. The maximum absolute atomic E-state index is 13.4. The van der Waals surface area contributed by atoms with Crippen LogP contribution in [0.5, 0.6) is 0 Å². The molecule has 0 unspecified atom stereocenters. The number of carbonyl (C=O) groups is 1. The molecule has 1 aromatic carbocycles. The second-order valence-corrected chi connectivity index (χ2v) is 5.58. The second-order valence-electron chi connectivity index (χ2n) is 4.78. The van der Waals surface area contributed by atoms with Gasteiger partial charge in [-0.15, -0.1) is 0 Å². The molecule has 4 nitrogen and oxygen atoms in total. The molecule has 0 aliphatic carbocycles. The molecule has 1 N–H and O–H groups in total. The first kappa shape index (κ1) is 14.9. The number of nitrogens with zero attached hydrogens (tertiary/aromatic N) is 2. The van der Waals surface area contributed by atoms with Crippen LogP contribution in [0.25, 0.3) is 0 Å². The van der Waals surface area contributed by atoms with Crippen molar-refractivity contribution in [1.82, 2.24) is 10.2 Å². The Morgan fingerprint density at radius 2 is 2.20 bits per heavy atom. The molecule has 2 rings (SSSR count). The molecule has 1 heterocycles. The zero-order valence-corrected chi connectivity index (χ0v) is 12.5. The molecule has 0 saturated carbocycles. The molecule has 0 atom stereocenters. The second kappa shape index (κ2) is 6.82. The number of nitrogens with one attached hydrogen (secondary N) is 1. The fraction of sp³-hybridized carbons (Fsp3) is 0.429. The van der Waals surface area contributed by atoms with Crippen LogP contribution >= 0.6 is 15.9 Å². The first-order valence-corrected chi connectivity index (χ1v) is 7.25. The number of piperidine rings is 1. The van der Waals surface area contributed by atoms with E-state index in [1.165, 1.54) is 12.1 Å². The van der Waals surface area contributed by atoms with Crippen LogP contribution in [0.2, 0.25) is 0 Å². The van der Waals surface area contributed by atoms with E-state index < -0.39 is 5.82 Å². The van der Waals surface area contributed by atoms with Gasteiger partial charge in [0.1, 0.15) is 5.82 Å². The number of amides is 1. The lowest BCUT2D eigenvalue weighted by molar-refractivity contribution is 0.0913. The van der Waals surface area contributed by atoms with Gasteiger partial charge >= 0.3 is 0 Å². The molecule has 1 aliphatic rings. The van der Waals surface area contributed by atoms with Gasteiger partial charge in [0.2, 0.25) is 0 Å². The predicted molar refractivity (Wildman–Crippen MR) is 76.6 cm³/mol. The Kier molecular flexibility index (Phi) is 5.10. The molecular formula is C14H15BrFN3O. The number of hydrogen-bond donors (Lipinski definition) is 1. The highest BCUT2D eigenvalue weighted by atomic mass is 79.9. The van der Waals surface area contributed by atoms with Crippen molar-refractivity contribution in [1.29, 1.82) is 5.26 Å². The zero-order chi connectivity index (χ0) is 14.5. The van der Waals surface area contributed by atoms with Crippen molar-refractivity contribution in [3.8, 4) is 6.07 Å². The van der Waals surface area contributed by atoms with Crippen LogP contribution in [-0.2, 0) is 0 Å². The standard InChI is InChI=1S/C14H15BrFN3O/c15-13-11(2-1-3-12(13)16)14(20)18-10-4-7-19(8-5-10)9-6-17/h1-3,10H,4-5,7-9H2,(H,18,20). The molecule has 1 saturated heterocycles. The summed E-state index contributed by atoms with van der Waals surface area (Å²) >= 11 is 3.10. The highest BCUT2D eigenvalue weighted by molar-refractivity contribution is 9.10. The third-order valence-electron chi connectivity index (χ3n) is 3.41. The molecule has 6 heteroatoms. The molecule has 1 fully saturated rings. The first-order chi connectivity index (χ1) is 9.61. The number of hydrogen-bond acceptors (Lipinski definition) is 3. The summed E-state index contributed by atoms with van der Waals surface area (Å²) in [7, 11) is 0. The summed E-state index contributed by atoms with van der Waals surface area (Å²) in [5.41, 5.74) is 0.310. The Labute approximate surface area is 125 Å². The number of carbonyl (C=O) groups excluding carboxylic acids is 1. The maximum Gasteiger partial charge on any atom is 0.252 e.